The minimum absolute atomic E-state index is 0.378. The van der Waals surface area contributed by atoms with Crippen LogP contribution in [-0.2, 0) is 11.3 Å². The van der Waals surface area contributed by atoms with Crippen LogP contribution >= 0.6 is 15.9 Å². The zero-order chi connectivity index (χ0) is 13.0. The van der Waals surface area contributed by atoms with Gasteiger partial charge in [0.1, 0.15) is 5.75 Å². The molecule has 0 aliphatic carbocycles. The number of halogens is 1. The van der Waals surface area contributed by atoms with Crippen molar-refractivity contribution in [3.63, 3.8) is 0 Å². The van der Waals surface area contributed by atoms with Crippen molar-refractivity contribution in [1.29, 1.82) is 0 Å². The lowest BCUT2D eigenvalue weighted by Gasteiger charge is -2.32. The number of hydrogen-bond donors (Lipinski definition) is 0. The van der Waals surface area contributed by atoms with Crippen LogP contribution < -0.4 is 4.74 Å². The molecule has 1 aliphatic rings. The molecule has 0 amide bonds. The molecule has 0 N–H and O–H groups in total. The largest absolute Gasteiger partial charge is 0.497 e. The molecule has 1 unspecified atom stereocenters. The number of ether oxygens (including phenoxy) is 2. The lowest BCUT2D eigenvalue weighted by Crippen LogP contribution is -2.38. The summed E-state index contributed by atoms with van der Waals surface area (Å²) in [4.78, 5) is 2.44. The maximum atomic E-state index is 5.46. The molecule has 2 rings (SSSR count). The van der Waals surface area contributed by atoms with Gasteiger partial charge in [-0.2, -0.15) is 0 Å². The monoisotopic (exact) mass is 313 g/mol. The van der Waals surface area contributed by atoms with E-state index in [-0.39, 0.29) is 0 Å². The third-order valence-corrected chi connectivity index (χ3v) is 4.22. The SMILES string of the molecule is COc1ccc(Br)c(CN2CCCC(OC)C2)c1. The van der Waals surface area contributed by atoms with Gasteiger partial charge in [-0.25, -0.2) is 0 Å². The summed E-state index contributed by atoms with van der Waals surface area (Å²) in [6.45, 7) is 3.10. The highest BCUT2D eigenvalue weighted by molar-refractivity contribution is 9.10. The molecule has 1 heterocycles. The minimum atomic E-state index is 0.378. The maximum absolute atomic E-state index is 5.46. The van der Waals surface area contributed by atoms with Crippen molar-refractivity contribution in [2.75, 3.05) is 27.3 Å². The standard InChI is InChI=1S/C14H20BrNO2/c1-17-12-5-6-14(15)11(8-12)9-16-7-3-4-13(10-16)18-2/h5-6,8,13H,3-4,7,9-10H2,1-2H3. The van der Waals surface area contributed by atoms with Gasteiger partial charge in [-0.1, -0.05) is 15.9 Å². The Hall–Kier alpha value is -0.580. The smallest absolute Gasteiger partial charge is 0.119 e. The van der Waals surface area contributed by atoms with Gasteiger partial charge in [0.05, 0.1) is 13.2 Å². The van der Waals surface area contributed by atoms with Crippen LogP contribution in [0.3, 0.4) is 0 Å². The summed E-state index contributed by atoms with van der Waals surface area (Å²) < 4.78 is 11.9. The molecule has 4 heteroatoms. The highest BCUT2D eigenvalue weighted by Gasteiger charge is 2.20. The second-order valence-electron chi connectivity index (χ2n) is 4.69. The van der Waals surface area contributed by atoms with Gasteiger partial charge in [-0.3, -0.25) is 4.90 Å². The molecule has 1 atom stereocenters. The van der Waals surface area contributed by atoms with E-state index in [2.05, 4.69) is 26.9 Å². The molecule has 0 saturated carbocycles. The van der Waals surface area contributed by atoms with Crippen molar-refractivity contribution in [3.05, 3.63) is 28.2 Å². The van der Waals surface area contributed by atoms with Gasteiger partial charge < -0.3 is 9.47 Å². The van der Waals surface area contributed by atoms with Gasteiger partial charge in [0, 0.05) is 24.7 Å². The number of nitrogens with zero attached hydrogens (tertiary/aromatic N) is 1. The summed E-state index contributed by atoms with van der Waals surface area (Å²) in [5.41, 5.74) is 1.27. The summed E-state index contributed by atoms with van der Waals surface area (Å²) >= 11 is 3.61. The van der Waals surface area contributed by atoms with Crippen molar-refractivity contribution < 1.29 is 9.47 Å². The van der Waals surface area contributed by atoms with Gasteiger partial charge in [0.15, 0.2) is 0 Å². The van der Waals surface area contributed by atoms with Gasteiger partial charge in [-0.05, 0) is 43.1 Å². The van der Waals surface area contributed by atoms with Crippen LogP contribution in [0.2, 0.25) is 0 Å². The minimum Gasteiger partial charge on any atom is -0.497 e. The Kier molecular flexibility index (Phi) is 5.03. The molecule has 0 bridgehead atoms. The number of rotatable bonds is 4. The van der Waals surface area contributed by atoms with E-state index in [1.807, 2.05) is 12.1 Å². The number of hydrogen-bond acceptors (Lipinski definition) is 3. The third-order valence-electron chi connectivity index (χ3n) is 3.44. The van der Waals surface area contributed by atoms with E-state index >= 15 is 0 Å². The Morgan fingerprint density at radius 3 is 2.94 bits per heavy atom. The number of methoxy groups -OCH3 is 2. The third kappa shape index (κ3) is 3.46. The fraction of sp³-hybridized carbons (Fsp3) is 0.571. The number of likely N-dealkylation sites (tertiary alicyclic amines) is 1. The van der Waals surface area contributed by atoms with Gasteiger partial charge in [0.25, 0.3) is 0 Å². The normalized spacial score (nSPS) is 20.9. The van der Waals surface area contributed by atoms with E-state index in [1.165, 1.54) is 18.4 Å². The Bertz CT molecular complexity index is 397. The average molecular weight is 314 g/mol. The quantitative estimate of drug-likeness (QED) is 0.852. The summed E-state index contributed by atoms with van der Waals surface area (Å²) in [5.74, 6) is 0.911. The first kappa shape index (κ1) is 13.8. The van der Waals surface area contributed by atoms with Gasteiger partial charge >= 0.3 is 0 Å². The number of benzene rings is 1. The molecule has 100 valence electrons. The van der Waals surface area contributed by atoms with E-state index in [4.69, 9.17) is 9.47 Å². The predicted molar refractivity (Wildman–Crippen MR) is 76.0 cm³/mol. The summed E-state index contributed by atoms with van der Waals surface area (Å²) in [5, 5.41) is 0. The predicted octanol–water partition coefficient (Wildman–Crippen LogP) is 3.07. The van der Waals surface area contributed by atoms with Crippen LogP contribution in [0.15, 0.2) is 22.7 Å². The number of piperidine rings is 1. The Labute approximate surface area is 117 Å². The first-order chi connectivity index (χ1) is 8.72. The zero-order valence-electron chi connectivity index (χ0n) is 11.0. The Morgan fingerprint density at radius 2 is 2.22 bits per heavy atom. The first-order valence-electron chi connectivity index (χ1n) is 6.30. The molecule has 1 saturated heterocycles. The summed E-state index contributed by atoms with van der Waals surface area (Å²) in [6, 6.07) is 6.12. The van der Waals surface area contributed by atoms with Crippen LogP contribution in [0.1, 0.15) is 18.4 Å². The molecule has 1 aliphatic heterocycles. The molecular formula is C14H20BrNO2. The molecule has 1 aromatic rings. The molecule has 3 nitrogen and oxygen atoms in total. The van der Waals surface area contributed by atoms with E-state index in [0.717, 1.165) is 29.9 Å². The molecule has 18 heavy (non-hydrogen) atoms. The molecule has 0 spiro atoms. The average Bonchev–Trinajstić information content (AvgIpc) is 2.41. The maximum Gasteiger partial charge on any atom is 0.119 e. The van der Waals surface area contributed by atoms with E-state index in [9.17, 15) is 0 Å². The van der Waals surface area contributed by atoms with Crippen LogP contribution in [-0.4, -0.2) is 38.3 Å². The van der Waals surface area contributed by atoms with Crippen molar-refractivity contribution in [2.45, 2.75) is 25.5 Å². The lowest BCUT2D eigenvalue weighted by atomic mass is 10.1. The second kappa shape index (κ2) is 6.55. The first-order valence-corrected chi connectivity index (χ1v) is 7.10. The van der Waals surface area contributed by atoms with Crippen LogP contribution in [0.25, 0.3) is 0 Å². The van der Waals surface area contributed by atoms with E-state index in [0.29, 0.717) is 6.10 Å². The fourth-order valence-electron chi connectivity index (χ4n) is 2.39. The Morgan fingerprint density at radius 1 is 1.39 bits per heavy atom. The molecule has 0 radical (unpaired) electrons. The molecule has 0 aromatic heterocycles. The van der Waals surface area contributed by atoms with Crippen molar-refractivity contribution >= 4 is 15.9 Å². The van der Waals surface area contributed by atoms with Crippen LogP contribution in [0.4, 0.5) is 0 Å². The molecule has 1 aromatic carbocycles. The van der Waals surface area contributed by atoms with Crippen molar-refractivity contribution in [3.8, 4) is 5.75 Å². The summed E-state index contributed by atoms with van der Waals surface area (Å²) in [7, 11) is 3.50. The molecule has 1 fully saturated rings. The van der Waals surface area contributed by atoms with Gasteiger partial charge in [0.2, 0.25) is 0 Å². The second-order valence-corrected chi connectivity index (χ2v) is 5.55. The topological polar surface area (TPSA) is 21.7 Å². The fourth-order valence-corrected chi connectivity index (χ4v) is 2.76. The van der Waals surface area contributed by atoms with Gasteiger partial charge in [-0.15, -0.1) is 0 Å². The van der Waals surface area contributed by atoms with Crippen molar-refractivity contribution in [2.24, 2.45) is 0 Å². The lowest BCUT2D eigenvalue weighted by molar-refractivity contribution is 0.0285. The van der Waals surface area contributed by atoms with Crippen LogP contribution in [0.5, 0.6) is 5.75 Å². The van der Waals surface area contributed by atoms with Crippen molar-refractivity contribution in [1.82, 2.24) is 4.90 Å². The van der Waals surface area contributed by atoms with E-state index in [1.54, 1.807) is 14.2 Å². The van der Waals surface area contributed by atoms with Crippen LogP contribution in [0, 0.1) is 0 Å². The zero-order valence-corrected chi connectivity index (χ0v) is 12.6. The highest BCUT2D eigenvalue weighted by Crippen LogP contribution is 2.25. The summed E-state index contributed by atoms with van der Waals surface area (Å²) in [6.07, 6.45) is 2.76. The Balaban J connectivity index is 2.04. The van der Waals surface area contributed by atoms with E-state index < -0.39 is 0 Å². The molecular weight excluding hydrogens is 294 g/mol. The highest BCUT2D eigenvalue weighted by atomic mass is 79.9.